The molecule has 0 saturated heterocycles. The van der Waals surface area contributed by atoms with E-state index in [0.717, 1.165) is 0 Å². The Morgan fingerprint density at radius 3 is 1.88 bits per heavy atom. The summed E-state index contributed by atoms with van der Waals surface area (Å²) in [7, 11) is 7.77. The standard InChI is InChI=1S/C26H25NO7/c1-29-17-8-6-15(7-9-17)23-24(19-11-10-18(30-2)14-20(19)34-26(23)28)27-16-12-21(31-3)25(33-5)22(13-16)32-4/h6-14,27H,1-5H3. The second-order valence-corrected chi connectivity index (χ2v) is 7.27. The highest BCUT2D eigenvalue weighted by Crippen LogP contribution is 2.42. The summed E-state index contributed by atoms with van der Waals surface area (Å²) in [5.41, 5.74) is 2.12. The average Bonchev–Trinajstić information content (AvgIpc) is 2.87. The van der Waals surface area contributed by atoms with E-state index in [1.165, 1.54) is 0 Å². The van der Waals surface area contributed by atoms with Crippen molar-refractivity contribution in [1.82, 2.24) is 0 Å². The maximum absolute atomic E-state index is 13.2. The average molecular weight is 463 g/mol. The number of anilines is 2. The van der Waals surface area contributed by atoms with E-state index in [1.54, 1.807) is 84.1 Å². The molecule has 0 aliphatic carbocycles. The van der Waals surface area contributed by atoms with Crippen LogP contribution in [0.1, 0.15) is 0 Å². The number of nitrogens with one attached hydrogen (secondary N) is 1. The van der Waals surface area contributed by atoms with Crippen LogP contribution in [0.2, 0.25) is 0 Å². The SMILES string of the molecule is COc1ccc(-c2c(Nc3cc(OC)c(OC)c(OC)c3)c3ccc(OC)cc3oc2=O)cc1. The van der Waals surface area contributed by atoms with Gasteiger partial charge in [0.25, 0.3) is 0 Å². The lowest BCUT2D eigenvalue weighted by Gasteiger charge is -2.18. The Bertz CT molecular complexity index is 1350. The summed E-state index contributed by atoms with van der Waals surface area (Å²) >= 11 is 0. The van der Waals surface area contributed by atoms with Crippen molar-refractivity contribution in [2.75, 3.05) is 40.9 Å². The van der Waals surface area contributed by atoms with E-state index < -0.39 is 5.63 Å². The van der Waals surface area contributed by atoms with Gasteiger partial charge in [0.15, 0.2) is 11.5 Å². The van der Waals surface area contributed by atoms with Gasteiger partial charge in [0.2, 0.25) is 5.75 Å². The monoisotopic (exact) mass is 463 g/mol. The fourth-order valence-electron chi connectivity index (χ4n) is 3.76. The molecule has 8 nitrogen and oxygen atoms in total. The number of ether oxygens (including phenoxy) is 5. The van der Waals surface area contributed by atoms with Gasteiger partial charge in [-0.25, -0.2) is 4.79 Å². The van der Waals surface area contributed by atoms with Gasteiger partial charge < -0.3 is 33.4 Å². The zero-order valence-electron chi connectivity index (χ0n) is 19.6. The molecule has 0 amide bonds. The minimum atomic E-state index is -0.499. The predicted molar refractivity (Wildman–Crippen MR) is 130 cm³/mol. The Balaban J connectivity index is 1.96. The fourth-order valence-corrected chi connectivity index (χ4v) is 3.76. The Kier molecular flexibility index (Phi) is 6.49. The van der Waals surface area contributed by atoms with Gasteiger partial charge in [-0.3, -0.25) is 0 Å². The molecule has 0 bridgehead atoms. The highest BCUT2D eigenvalue weighted by Gasteiger charge is 2.20. The maximum atomic E-state index is 13.2. The van der Waals surface area contributed by atoms with Crippen molar-refractivity contribution < 1.29 is 28.1 Å². The van der Waals surface area contributed by atoms with Crippen molar-refractivity contribution in [2.45, 2.75) is 0 Å². The minimum absolute atomic E-state index is 0.370. The van der Waals surface area contributed by atoms with Crippen LogP contribution in [0.5, 0.6) is 28.7 Å². The molecule has 0 atom stereocenters. The van der Waals surface area contributed by atoms with Crippen LogP contribution in [0.25, 0.3) is 22.1 Å². The summed E-state index contributed by atoms with van der Waals surface area (Å²) in [6.45, 7) is 0. The van der Waals surface area contributed by atoms with Crippen LogP contribution in [-0.4, -0.2) is 35.5 Å². The van der Waals surface area contributed by atoms with E-state index in [0.29, 0.717) is 62.2 Å². The first-order valence-corrected chi connectivity index (χ1v) is 10.4. The smallest absolute Gasteiger partial charge is 0.346 e. The molecule has 1 aromatic heterocycles. The number of rotatable bonds is 8. The van der Waals surface area contributed by atoms with Gasteiger partial charge in [0.1, 0.15) is 17.1 Å². The lowest BCUT2D eigenvalue weighted by molar-refractivity contribution is 0.324. The Labute approximate surface area is 196 Å². The normalized spacial score (nSPS) is 10.6. The summed E-state index contributed by atoms with van der Waals surface area (Å²) in [5.74, 6) is 2.67. The van der Waals surface area contributed by atoms with E-state index in [9.17, 15) is 4.79 Å². The highest BCUT2D eigenvalue weighted by atomic mass is 16.5. The van der Waals surface area contributed by atoms with E-state index in [-0.39, 0.29) is 0 Å². The number of hydrogen-bond donors (Lipinski definition) is 1. The van der Waals surface area contributed by atoms with Gasteiger partial charge in [-0.15, -0.1) is 0 Å². The molecule has 4 rings (SSSR count). The predicted octanol–water partition coefficient (Wildman–Crippen LogP) is 5.25. The molecule has 8 heteroatoms. The van der Waals surface area contributed by atoms with Gasteiger partial charge in [-0.1, -0.05) is 12.1 Å². The molecule has 0 spiro atoms. The first kappa shape index (κ1) is 22.8. The van der Waals surface area contributed by atoms with Crippen molar-refractivity contribution >= 4 is 22.3 Å². The second kappa shape index (κ2) is 9.66. The van der Waals surface area contributed by atoms with Gasteiger partial charge in [-0.05, 0) is 29.8 Å². The zero-order valence-corrected chi connectivity index (χ0v) is 19.6. The first-order chi connectivity index (χ1) is 16.5. The van der Waals surface area contributed by atoms with Crippen molar-refractivity contribution in [3.63, 3.8) is 0 Å². The molecular formula is C26H25NO7. The van der Waals surface area contributed by atoms with Crippen LogP contribution in [0.4, 0.5) is 11.4 Å². The van der Waals surface area contributed by atoms with Crippen molar-refractivity contribution in [2.24, 2.45) is 0 Å². The number of benzene rings is 3. The molecule has 0 aliphatic heterocycles. The Morgan fingerprint density at radius 2 is 1.32 bits per heavy atom. The van der Waals surface area contributed by atoms with Gasteiger partial charge >= 0.3 is 5.63 Å². The van der Waals surface area contributed by atoms with Gasteiger partial charge in [-0.2, -0.15) is 0 Å². The largest absolute Gasteiger partial charge is 0.497 e. The molecule has 0 unspecified atom stereocenters. The molecule has 1 heterocycles. The molecule has 34 heavy (non-hydrogen) atoms. The summed E-state index contributed by atoms with van der Waals surface area (Å²) < 4.78 is 32.6. The van der Waals surface area contributed by atoms with E-state index in [2.05, 4.69) is 5.32 Å². The van der Waals surface area contributed by atoms with Gasteiger partial charge in [0.05, 0.1) is 46.8 Å². The van der Waals surface area contributed by atoms with E-state index >= 15 is 0 Å². The molecule has 4 aromatic rings. The quantitative estimate of drug-likeness (QED) is 0.355. The third-order valence-corrected chi connectivity index (χ3v) is 5.43. The Hall–Kier alpha value is -4.33. The fraction of sp³-hybridized carbons (Fsp3) is 0.192. The molecule has 176 valence electrons. The third-order valence-electron chi connectivity index (χ3n) is 5.43. The highest BCUT2D eigenvalue weighted by molar-refractivity contribution is 6.00. The van der Waals surface area contributed by atoms with Crippen LogP contribution in [-0.2, 0) is 0 Å². The van der Waals surface area contributed by atoms with E-state index in [1.807, 2.05) is 6.07 Å². The van der Waals surface area contributed by atoms with Crippen molar-refractivity contribution in [1.29, 1.82) is 0 Å². The summed E-state index contributed by atoms with van der Waals surface area (Å²) in [6.07, 6.45) is 0. The van der Waals surface area contributed by atoms with Crippen molar-refractivity contribution in [3.8, 4) is 39.9 Å². The minimum Gasteiger partial charge on any atom is -0.497 e. The van der Waals surface area contributed by atoms with Crippen molar-refractivity contribution in [3.05, 3.63) is 65.0 Å². The lowest BCUT2D eigenvalue weighted by Crippen LogP contribution is -2.08. The van der Waals surface area contributed by atoms with Crippen LogP contribution in [0, 0.1) is 0 Å². The van der Waals surface area contributed by atoms with Crippen LogP contribution < -0.4 is 34.6 Å². The van der Waals surface area contributed by atoms with Crippen LogP contribution in [0.15, 0.2) is 63.8 Å². The lowest BCUT2D eigenvalue weighted by atomic mass is 10.0. The molecule has 1 N–H and O–H groups in total. The van der Waals surface area contributed by atoms with Crippen LogP contribution in [0.3, 0.4) is 0 Å². The number of fused-ring (bicyclic) bond motifs is 1. The molecule has 3 aromatic carbocycles. The first-order valence-electron chi connectivity index (χ1n) is 10.4. The summed E-state index contributed by atoms with van der Waals surface area (Å²) in [6, 6.07) is 16.0. The van der Waals surface area contributed by atoms with Gasteiger partial charge in [0, 0.05) is 29.3 Å². The Morgan fingerprint density at radius 1 is 0.706 bits per heavy atom. The molecular weight excluding hydrogens is 438 g/mol. The second-order valence-electron chi connectivity index (χ2n) is 7.27. The summed E-state index contributed by atoms with van der Waals surface area (Å²) in [5, 5.41) is 4.07. The number of hydrogen-bond acceptors (Lipinski definition) is 8. The topological polar surface area (TPSA) is 88.4 Å². The molecule has 0 saturated carbocycles. The number of methoxy groups -OCH3 is 5. The molecule has 0 fully saturated rings. The van der Waals surface area contributed by atoms with E-state index in [4.69, 9.17) is 28.1 Å². The maximum Gasteiger partial charge on any atom is 0.346 e. The zero-order chi connectivity index (χ0) is 24.2. The van der Waals surface area contributed by atoms with Crippen LogP contribution >= 0.6 is 0 Å². The molecule has 0 aliphatic rings. The summed E-state index contributed by atoms with van der Waals surface area (Å²) in [4.78, 5) is 13.2. The molecule has 0 radical (unpaired) electrons. The third kappa shape index (κ3) is 4.17.